The zero-order valence-corrected chi connectivity index (χ0v) is 12.5. The van der Waals surface area contributed by atoms with Crippen molar-refractivity contribution < 1.29 is 0 Å². The molecule has 1 aliphatic carbocycles. The second-order valence-electron chi connectivity index (χ2n) is 6.98. The van der Waals surface area contributed by atoms with Crippen LogP contribution >= 0.6 is 0 Å². The minimum absolute atomic E-state index is 0.586. The normalized spacial score (nSPS) is 43.3. The van der Waals surface area contributed by atoms with Gasteiger partial charge in [0.15, 0.2) is 0 Å². The van der Waals surface area contributed by atoms with Crippen molar-refractivity contribution in [2.75, 3.05) is 0 Å². The van der Waals surface area contributed by atoms with E-state index in [1.165, 1.54) is 19.3 Å². The maximum atomic E-state index is 2.55. The fourth-order valence-corrected chi connectivity index (χ4v) is 3.81. The van der Waals surface area contributed by atoms with Gasteiger partial charge in [0.2, 0.25) is 0 Å². The van der Waals surface area contributed by atoms with Gasteiger partial charge in [0.1, 0.15) is 0 Å². The van der Waals surface area contributed by atoms with Crippen molar-refractivity contribution >= 4 is 0 Å². The van der Waals surface area contributed by atoms with Crippen LogP contribution in [0.1, 0.15) is 67.7 Å². The fourth-order valence-electron chi connectivity index (χ4n) is 3.81. The van der Waals surface area contributed by atoms with Crippen LogP contribution in [0.15, 0.2) is 0 Å². The molecule has 6 atom stereocenters. The first-order chi connectivity index (χ1) is 7.32. The highest BCUT2D eigenvalue weighted by molar-refractivity contribution is 4.95. The van der Waals surface area contributed by atoms with Crippen molar-refractivity contribution in [3.8, 4) is 0 Å². The van der Waals surface area contributed by atoms with Crippen LogP contribution in [-0.2, 0) is 0 Å². The molecule has 0 aromatic carbocycles. The summed E-state index contributed by atoms with van der Waals surface area (Å²) in [6, 6.07) is 0. The third-order valence-electron chi connectivity index (χ3n) is 6.12. The molecule has 1 rings (SSSR count). The van der Waals surface area contributed by atoms with Crippen LogP contribution in [0.5, 0.6) is 0 Å². The lowest BCUT2D eigenvalue weighted by Crippen LogP contribution is -2.30. The molecular formula is C16H32. The summed E-state index contributed by atoms with van der Waals surface area (Å²) < 4.78 is 0. The molecule has 0 heterocycles. The summed E-state index contributed by atoms with van der Waals surface area (Å²) in [5.74, 6) is 4.49. The van der Waals surface area contributed by atoms with Crippen molar-refractivity contribution in [1.82, 2.24) is 0 Å². The van der Waals surface area contributed by atoms with Gasteiger partial charge in [-0.15, -0.1) is 0 Å². The van der Waals surface area contributed by atoms with Crippen LogP contribution in [0.25, 0.3) is 0 Å². The highest BCUT2D eigenvalue weighted by Crippen LogP contribution is 2.54. The zero-order chi connectivity index (χ0) is 12.5. The fraction of sp³-hybridized carbons (Fsp3) is 1.00. The Morgan fingerprint density at radius 3 is 2.06 bits per heavy atom. The second-order valence-corrected chi connectivity index (χ2v) is 6.98. The Hall–Kier alpha value is 0. The number of rotatable bonds is 4. The molecule has 1 saturated carbocycles. The number of hydrogen-bond acceptors (Lipinski definition) is 0. The summed E-state index contributed by atoms with van der Waals surface area (Å²) in [5.41, 5.74) is 0.586. The summed E-state index contributed by atoms with van der Waals surface area (Å²) in [6.45, 7) is 17.2. The lowest BCUT2D eigenvalue weighted by molar-refractivity contribution is 0.109. The van der Waals surface area contributed by atoms with Gasteiger partial charge in [0.25, 0.3) is 0 Å². The molecule has 0 saturated heterocycles. The van der Waals surface area contributed by atoms with E-state index < -0.39 is 0 Å². The van der Waals surface area contributed by atoms with Crippen LogP contribution in [0.2, 0.25) is 0 Å². The van der Waals surface area contributed by atoms with E-state index >= 15 is 0 Å². The molecule has 0 heteroatoms. The van der Waals surface area contributed by atoms with Crippen LogP contribution in [0.4, 0.5) is 0 Å². The monoisotopic (exact) mass is 224 g/mol. The lowest BCUT2D eigenvalue weighted by atomic mass is 9.67. The molecule has 0 spiro atoms. The molecule has 1 fully saturated rings. The van der Waals surface area contributed by atoms with Gasteiger partial charge in [-0.25, -0.2) is 0 Å². The van der Waals surface area contributed by atoms with E-state index in [4.69, 9.17) is 0 Å². The highest BCUT2D eigenvalue weighted by Gasteiger charge is 2.46. The Balaban J connectivity index is 2.70. The van der Waals surface area contributed by atoms with Gasteiger partial charge in [-0.2, -0.15) is 0 Å². The molecule has 1 aliphatic rings. The van der Waals surface area contributed by atoms with Gasteiger partial charge >= 0.3 is 0 Å². The molecule has 0 aromatic rings. The predicted molar refractivity (Wildman–Crippen MR) is 73.5 cm³/mol. The third kappa shape index (κ3) is 2.46. The highest BCUT2D eigenvalue weighted by atomic mass is 14.5. The minimum Gasteiger partial charge on any atom is -0.0651 e. The molecule has 0 amide bonds. The van der Waals surface area contributed by atoms with Gasteiger partial charge in [0, 0.05) is 0 Å². The first-order valence-electron chi connectivity index (χ1n) is 7.32. The molecule has 0 aliphatic heterocycles. The van der Waals surface area contributed by atoms with Crippen molar-refractivity contribution in [1.29, 1.82) is 0 Å². The SMILES string of the molecule is CCC(C)C(C)CC1(C)C(C)CC(C)C1C. The van der Waals surface area contributed by atoms with E-state index in [0.717, 1.165) is 29.6 Å². The molecule has 0 bridgehead atoms. The van der Waals surface area contributed by atoms with E-state index in [2.05, 4.69) is 48.5 Å². The standard InChI is InChI=1S/C16H32/c1-8-11(2)13(4)10-16(7)14(5)9-12(3)15(16)6/h11-15H,8-10H2,1-7H3. The maximum absolute atomic E-state index is 2.55. The molecule has 16 heavy (non-hydrogen) atoms. The Morgan fingerprint density at radius 2 is 1.69 bits per heavy atom. The summed E-state index contributed by atoms with van der Waals surface area (Å²) in [4.78, 5) is 0. The van der Waals surface area contributed by atoms with E-state index in [-0.39, 0.29) is 0 Å². The van der Waals surface area contributed by atoms with Crippen molar-refractivity contribution in [3.05, 3.63) is 0 Å². The summed E-state index contributed by atoms with van der Waals surface area (Å²) in [6.07, 6.45) is 4.19. The Morgan fingerprint density at radius 1 is 1.12 bits per heavy atom. The lowest BCUT2D eigenvalue weighted by Gasteiger charge is -2.38. The summed E-state index contributed by atoms with van der Waals surface area (Å²) in [7, 11) is 0. The van der Waals surface area contributed by atoms with Crippen molar-refractivity contribution in [2.45, 2.75) is 67.7 Å². The number of hydrogen-bond donors (Lipinski definition) is 0. The van der Waals surface area contributed by atoms with E-state index in [9.17, 15) is 0 Å². The molecule has 0 radical (unpaired) electrons. The second kappa shape index (κ2) is 5.10. The van der Waals surface area contributed by atoms with Gasteiger partial charge in [-0.1, -0.05) is 54.9 Å². The average Bonchev–Trinajstić information content (AvgIpc) is 2.42. The molecule has 0 N–H and O–H groups in total. The van der Waals surface area contributed by atoms with Crippen LogP contribution in [-0.4, -0.2) is 0 Å². The quantitative estimate of drug-likeness (QED) is 0.601. The van der Waals surface area contributed by atoms with Crippen LogP contribution < -0.4 is 0 Å². The van der Waals surface area contributed by atoms with Gasteiger partial charge in [-0.05, 0) is 47.8 Å². The molecule has 6 unspecified atom stereocenters. The Bertz CT molecular complexity index is 220. The van der Waals surface area contributed by atoms with Gasteiger partial charge in [-0.3, -0.25) is 0 Å². The summed E-state index contributed by atoms with van der Waals surface area (Å²) >= 11 is 0. The largest absolute Gasteiger partial charge is 0.0651 e. The Labute approximate surface area is 103 Å². The van der Waals surface area contributed by atoms with Gasteiger partial charge in [0.05, 0.1) is 0 Å². The first-order valence-corrected chi connectivity index (χ1v) is 7.32. The molecule has 96 valence electrons. The van der Waals surface area contributed by atoms with E-state index in [0.29, 0.717) is 5.41 Å². The third-order valence-corrected chi connectivity index (χ3v) is 6.12. The summed E-state index contributed by atoms with van der Waals surface area (Å²) in [5, 5.41) is 0. The maximum Gasteiger partial charge on any atom is -0.0269 e. The average molecular weight is 224 g/mol. The molecular weight excluding hydrogens is 192 g/mol. The van der Waals surface area contributed by atoms with E-state index in [1.54, 1.807) is 0 Å². The zero-order valence-electron chi connectivity index (χ0n) is 12.5. The van der Waals surface area contributed by atoms with Gasteiger partial charge < -0.3 is 0 Å². The minimum atomic E-state index is 0.586. The van der Waals surface area contributed by atoms with Crippen molar-refractivity contribution in [2.24, 2.45) is 35.0 Å². The smallest absolute Gasteiger partial charge is 0.0269 e. The molecule has 0 nitrogen and oxygen atoms in total. The van der Waals surface area contributed by atoms with Crippen LogP contribution in [0, 0.1) is 35.0 Å². The molecule has 0 aromatic heterocycles. The Kier molecular flexibility index (Phi) is 4.49. The predicted octanol–water partition coefficient (Wildman–Crippen LogP) is 5.38. The van der Waals surface area contributed by atoms with E-state index in [1.807, 2.05) is 0 Å². The van der Waals surface area contributed by atoms with Crippen molar-refractivity contribution in [3.63, 3.8) is 0 Å². The first kappa shape index (κ1) is 14.1. The topological polar surface area (TPSA) is 0 Å². The van der Waals surface area contributed by atoms with Crippen LogP contribution in [0.3, 0.4) is 0 Å².